The molecule has 2 N–H and O–H groups in total. The standard InChI is InChI=1S/C17H24FNO2/c18-14-6-2-1-5-13(14)17(21)9-11-19(12-10-17)15-7-3-4-8-16(15)20/h1-2,5-6,15-16,20-21H,3-4,7-12H2/t15-,16+/m0/s1. The van der Waals surface area contributed by atoms with Crippen LogP contribution in [0.1, 0.15) is 44.1 Å². The van der Waals surface area contributed by atoms with E-state index in [0.29, 0.717) is 31.5 Å². The zero-order chi connectivity index (χ0) is 14.9. The number of piperidine rings is 1. The summed E-state index contributed by atoms with van der Waals surface area (Å²) in [6.07, 6.45) is 4.96. The zero-order valence-electron chi connectivity index (χ0n) is 12.3. The Labute approximate surface area is 125 Å². The van der Waals surface area contributed by atoms with Crippen LogP contribution in [0.4, 0.5) is 4.39 Å². The highest BCUT2D eigenvalue weighted by atomic mass is 19.1. The third-order valence-corrected chi connectivity index (χ3v) is 5.16. The molecule has 1 heterocycles. The molecule has 0 aromatic heterocycles. The quantitative estimate of drug-likeness (QED) is 0.880. The lowest BCUT2D eigenvalue weighted by Crippen LogP contribution is -2.52. The predicted molar refractivity (Wildman–Crippen MR) is 79.4 cm³/mol. The highest BCUT2D eigenvalue weighted by Gasteiger charge is 2.39. The summed E-state index contributed by atoms with van der Waals surface area (Å²) in [7, 11) is 0. The lowest BCUT2D eigenvalue weighted by atomic mass is 9.82. The fourth-order valence-corrected chi connectivity index (χ4v) is 3.85. The number of aliphatic hydroxyl groups is 2. The van der Waals surface area contributed by atoms with Gasteiger partial charge in [-0.2, -0.15) is 0 Å². The maximum Gasteiger partial charge on any atom is 0.129 e. The van der Waals surface area contributed by atoms with E-state index in [0.717, 1.165) is 25.7 Å². The first-order valence-electron chi connectivity index (χ1n) is 8.00. The van der Waals surface area contributed by atoms with Crippen LogP contribution in [0.25, 0.3) is 0 Å². The van der Waals surface area contributed by atoms with Gasteiger partial charge >= 0.3 is 0 Å². The molecule has 4 heteroatoms. The van der Waals surface area contributed by atoms with Crippen LogP contribution in [0.2, 0.25) is 0 Å². The summed E-state index contributed by atoms with van der Waals surface area (Å²) in [5.74, 6) is -0.328. The van der Waals surface area contributed by atoms with Crippen LogP contribution in [0.5, 0.6) is 0 Å². The molecule has 0 spiro atoms. The monoisotopic (exact) mass is 293 g/mol. The fraction of sp³-hybridized carbons (Fsp3) is 0.647. The average Bonchev–Trinajstić information content (AvgIpc) is 2.49. The summed E-state index contributed by atoms with van der Waals surface area (Å²) in [6.45, 7) is 1.43. The summed E-state index contributed by atoms with van der Waals surface area (Å²) in [4.78, 5) is 2.28. The second-order valence-electron chi connectivity index (χ2n) is 6.47. The Morgan fingerprint density at radius 3 is 2.43 bits per heavy atom. The van der Waals surface area contributed by atoms with Crippen molar-refractivity contribution in [3.05, 3.63) is 35.6 Å². The number of rotatable bonds is 2. The van der Waals surface area contributed by atoms with Crippen molar-refractivity contribution in [3.63, 3.8) is 0 Å². The van der Waals surface area contributed by atoms with Gasteiger partial charge in [-0.1, -0.05) is 31.0 Å². The molecule has 2 fully saturated rings. The summed E-state index contributed by atoms with van der Waals surface area (Å²) in [5, 5.41) is 20.9. The number of nitrogens with zero attached hydrogens (tertiary/aromatic N) is 1. The molecule has 0 amide bonds. The van der Waals surface area contributed by atoms with Gasteiger partial charge in [0, 0.05) is 24.7 Å². The molecule has 2 aliphatic rings. The minimum atomic E-state index is -1.07. The Morgan fingerprint density at radius 2 is 1.76 bits per heavy atom. The highest BCUT2D eigenvalue weighted by molar-refractivity contribution is 5.25. The minimum Gasteiger partial charge on any atom is -0.391 e. The smallest absolute Gasteiger partial charge is 0.129 e. The maximum absolute atomic E-state index is 13.9. The molecule has 0 unspecified atom stereocenters. The number of halogens is 1. The van der Waals surface area contributed by atoms with Gasteiger partial charge in [0.2, 0.25) is 0 Å². The van der Waals surface area contributed by atoms with Crippen molar-refractivity contribution in [2.45, 2.75) is 56.3 Å². The van der Waals surface area contributed by atoms with Crippen molar-refractivity contribution in [1.29, 1.82) is 0 Å². The van der Waals surface area contributed by atoms with E-state index >= 15 is 0 Å². The first-order valence-corrected chi connectivity index (χ1v) is 8.00. The molecular weight excluding hydrogens is 269 g/mol. The first-order chi connectivity index (χ1) is 10.1. The zero-order valence-corrected chi connectivity index (χ0v) is 12.3. The first kappa shape index (κ1) is 14.9. The van der Waals surface area contributed by atoms with Crippen molar-refractivity contribution < 1.29 is 14.6 Å². The van der Waals surface area contributed by atoms with E-state index < -0.39 is 5.60 Å². The van der Waals surface area contributed by atoms with Crippen molar-refractivity contribution in [3.8, 4) is 0 Å². The van der Waals surface area contributed by atoms with Gasteiger partial charge in [-0.3, -0.25) is 4.90 Å². The second kappa shape index (κ2) is 6.03. The predicted octanol–water partition coefficient (Wildman–Crippen LogP) is 2.41. The SMILES string of the molecule is O[C@@H]1CCCC[C@@H]1N1CCC(O)(c2ccccc2F)CC1. The second-order valence-corrected chi connectivity index (χ2v) is 6.47. The van der Waals surface area contributed by atoms with Crippen LogP contribution in [-0.2, 0) is 5.60 Å². The third kappa shape index (κ3) is 2.98. The Balaban J connectivity index is 1.68. The topological polar surface area (TPSA) is 43.7 Å². The van der Waals surface area contributed by atoms with Gasteiger partial charge in [0.25, 0.3) is 0 Å². The molecule has 1 saturated heterocycles. The third-order valence-electron chi connectivity index (χ3n) is 5.16. The summed E-state index contributed by atoms with van der Waals surface area (Å²) in [6, 6.07) is 6.72. The van der Waals surface area contributed by atoms with Gasteiger partial charge in [0.1, 0.15) is 5.82 Å². The van der Waals surface area contributed by atoms with Crippen molar-refractivity contribution >= 4 is 0 Å². The van der Waals surface area contributed by atoms with Crippen molar-refractivity contribution in [2.24, 2.45) is 0 Å². The normalized spacial score (nSPS) is 30.2. The van der Waals surface area contributed by atoms with Gasteiger partial charge in [-0.05, 0) is 31.7 Å². The summed E-state index contributed by atoms with van der Waals surface area (Å²) in [5.41, 5.74) is -0.657. The molecule has 1 aromatic rings. The molecular formula is C17H24FNO2. The Bertz CT molecular complexity index is 485. The number of hydrogen-bond donors (Lipinski definition) is 2. The van der Waals surface area contributed by atoms with Crippen LogP contribution in [0, 0.1) is 5.82 Å². The van der Waals surface area contributed by atoms with Crippen LogP contribution < -0.4 is 0 Å². The van der Waals surface area contributed by atoms with E-state index in [2.05, 4.69) is 4.90 Å². The molecule has 1 saturated carbocycles. The van der Waals surface area contributed by atoms with E-state index in [9.17, 15) is 14.6 Å². The number of benzene rings is 1. The Hall–Kier alpha value is -0.970. The Morgan fingerprint density at radius 1 is 1.10 bits per heavy atom. The fourth-order valence-electron chi connectivity index (χ4n) is 3.85. The van der Waals surface area contributed by atoms with E-state index in [1.807, 2.05) is 0 Å². The number of hydrogen-bond acceptors (Lipinski definition) is 3. The molecule has 3 nitrogen and oxygen atoms in total. The molecule has 21 heavy (non-hydrogen) atoms. The van der Waals surface area contributed by atoms with Crippen molar-refractivity contribution in [2.75, 3.05) is 13.1 Å². The molecule has 1 aliphatic carbocycles. The van der Waals surface area contributed by atoms with Crippen LogP contribution in [0.3, 0.4) is 0 Å². The molecule has 0 bridgehead atoms. The molecule has 2 atom stereocenters. The maximum atomic E-state index is 13.9. The summed E-state index contributed by atoms with van der Waals surface area (Å²) >= 11 is 0. The van der Waals surface area contributed by atoms with Crippen LogP contribution in [0.15, 0.2) is 24.3 Å². The van der Waals surface area contributed by atoms with Crippen molar-refractivity contribution in [1.82, 2.24) is 4.90 Å². The number of likely N-dealkylation sites (tertiary alicyclic amines) is 1. The lowest BCUT2D eigenvalue weighted by Gasteiger charge is -2.44. The average molecular weight is 293 g/mol. The Kier molecular flexibility index (Phi) is 4.29. The largest absolute Gasteiger partial charge is 0.391 e. The van der Waals surface area contributed by atoms with Crippen LogP contribution >= 0.6 is 0 Å². The van der Waals surface area contributed by atoms with Gasteiger partial charge in [0.15, 0.2) is 0 Å². The van der Waals surface area contributed by atoms with E-state index in [1.54, 1.807) is 18.2 Å². The molecule has 0 radical (unpaired) electrons. The van der Waals surface area contributed by atoms with E-state index in [1.165, 1.54) is 6.07 Å². The van der Waals surface area contributed by atoms with Gasteiger partial charge in [-0.25, -0.2) is 4.39 Å². The molecule has 1 aromatic carbocycles. The summed E-state index contributed by atoms with van der Waals surface area (Å²) < 4.78 is 13.9. The van der Waals surface area contributed by atoms with Gasteiger partial charge in [0.05, 0.1) is 11.7 Å². The molecule has 3 rings (SSSR count). The lowest BCUT2D eigenvalue weighted by molar-refractivity contribution is -0.0621. The van der Waals surface area contributed by atoms with E-state index in [-0.39, 0.29) is 18.0 Å². The minimum absolute atomic E-state index is 0.212. The van der Waals surface area contributed by atoms with Gasteiger partial charge in [-0.15, -0.1) is 0 Å². The molecule has 116 valence electrons. The van der Waals surface area contributed by atoms with Gasteiger partial charge < -0.3 is 10.2 Å². The number of aliphatic hydroxyl groups excluding tert-OH is 1. The van der Waals surface area contributed by atoms with Crippen LogP contribution in [-0.4, -0.2) is 40.3 Å². The van der Waals surface area contributed by atoms with E-state index in [4.69, 9.17) is 0 Å². The molecule has 1 aliphatic heterocycles. The highest BCUT2D eigenvalue weighted by Crippen LogP contribution is 2.36.